The molecular weight excluding hydrogens is 306 g/mol. The van der Waals surface area contributed by atoms with Crippen LogP contribution >= 0.6 is 15.9 Å². The van der Waals surface area contributed by atoms with Gasteiger partial charge in [-0.25, -0.2) is 0 Å². The molecule has 1 aromatic carbocycles. The summed E-state index contributed by atoms with van der Waals surface area (Å²) in [4.78, 5) is 0. The van der Waals surface area contributed by atoms with Gasteiger partial charge in [0.05, 0.1) is 16.7 Å². The molecule has 3 nitrogen and oxygen atoms in total. The van der Waals surface area contributed by atoms with Gasteiger partial charge in [-0.15, -0.1) is 0 Å². The molecule has 104 valence electrons. The first-order valence-corrected chi connectivity index (χ1v) is 7.84. The first-order valence-electron chi connectivity index (χ1n) is 7.05. The summed E-state index contributed by atoms with van der Waals surface area (Å²) in [6, 6.07) is 6.46. The Balaban J connectivity index is 1.76. The molecule has 3 rings (SSSR count). The quantitative estimate of drug-likeness (QED) is 0.896. The predicted octanol–water partition coefficient (Wildman–Crippen LogP) is 3.17. The van der Waals surface area contributed by atoms with Crippen LogP contribution in [0.25, 0.3) is 0 Å². The lowest BCUT2D eigenvalue weighted by Gasteiger charge is -2.38. The molecule has 1 saturated carbocycles. The van der Waals surface area contributed by atoms with Crippen molar-refractivity contribution in [3.05, 3.63) is 28.2 Å². The van der Waals surface area contributed by atoms with Crippen LogP contribution < -0.4 is 10.1 Å². The first kappa shape index (κ1) is 13.4. The lowest BCUT2D eigenvalue weighted by molar-refractivity contribution is -0.0334. The van der Waals surface area contributed by atoms with E-state index in [0.29, 0.717) is 6.54 Å². The Morgan fingerprint density at radius 1 is 1.37 bits per heavy atom. The molecule has 1 aromatic rings. The summed E-state index contributed by atoms with van der Waals surface area (Å²) in [5.74, 6) is 0.957. The summed E-state index contributed by atoms with van der Waals surface area (Å²) in [7, 11) is 0. The van der Waals surface area contributed by atoms with Crippen LogP contribution in [-0.2, 0) is 0 Å². The Bertz CT molecular complexity index is 459. The van der Waals surface area contributed by atoms with Gasteiger partial charge < -0.3 is 15.2 Å². The van der Waals surface area contributed by atoms with E-state index in [0.717, 1.165) is 48.9 Å². The summed E-state index contributed by atoms with van der Waals surface area (Å²) in [6.07, 6.45) is 5.09. The maximum atomic E-state index is 10.2. The van der Waals surface area contributed by atoms with Crippen LogP contribution in [0, 0.1) is 0 Å². The van der Waals surface area contributed by atoms with Crippen LogP contribution in [0.2, 0.25) is 0 Å². The Hall–Kier alpha value is -0.580. The summed E-state index contributed by atoms with van der Waals surface area (Å²) in [6.45, 7) is 1.45. The van der Waals surface area contributed by atoms with Crippen LogP contribution in [0.5, 0.6) is 5.75 Å². The molecule has 0 saturated heterocycles. The van der Waals surface area contributed by atoms with E-state index in [-0.39, 0.29) is 6.04 Å². The SMILES string of the molecule is OC1(CNC2CCCOc3c(Br)cccc32)CCC1. The third-order valence-electron chi connectivity index (χ3n) is 4.22. The largest absolute Gasteiger partial charge is 0.492 e. The predicted molar refractivity (Wildman–Crippen MR) is 78.4 cm³/mol. The van der Waals surface area contributed by atoms with Crippen LogP contribution in [0.1, 0.15) is 43.7 Å². The molecule has 0 aromatic heterocycles. The standard InChI is InChI=1S/C15H20BrNO2/c16-12-5-1-4-11-13(6-2-9-19-14(11)12)17-10-15(18)7-3-8-15/h1,4-5,13,17-18H,2-3,6-10H2. The second-order valence-electron chi connectivity index (χ2n) is 5.66. The molecule has 19 heavy (non-hydrogen) atoms. The zero-order valence-corrected chi connectivity index (χ0v) is 12.6. The fraction of sp³-hybridized carbons (Fsp3) is 0.600. The van der Waals surface area contributed by atoms with Gasteiger partial charge >= 0.3 is 0 Å². The first-order chi connectivity index (χ1) is 9.18. The van der Waals surface area contributed by atoms with Crippen molar-refractivity contribution in [3.63, 3.8) is 0 Å². The molecule has 0 radical (unpaired) electrons. The molecule has 0 amide bonds. The van der Waals surface area contributed by atoms with Gasteiger partial charge in [-0.1, -0.05) is 12.1 Å². The summed E-state index contributed by atoms with van der Waals surface area (Å²) in [5, 5.41) is 13.7. The monoisotopic (exact) mass is 325 g/mol. The summed E-state index contributed by atoms with van der Waals surface area (Å²) in [5.41, 5.74) is 0.731. The zero-order valence-electron chi connectivity index (χ0n) is 11.0. The minimum atomic E-state index is -0.473. The van der Waals surface area contributed by atoms with Crippen LogP contribution in [0.3, 0.4) is 0 Å². The van der Waals surface area contributed by atoms with Gasteiger partial charge in [0, 0.05) is 18.2 Å². The van der Waals surface area contributed by atoms with Gasteiger partial charge in [0.15, 0.2) is 0 Å². The number of para-hydroxylation sites is 1. The average molecular weight is 326 g/mol. The maximum absolute atomic E-state index is 10.2. The molecule has 4 heteroatoms. The molecular formula is C15H20BrNO2. The van der Waals surface area contributed by atoms with E-state index in [4.69, 9.17) is 4.74 Å². The lowest BCUT2D eigenvalue weighted by atomic mass is 9.80. The van der Waals surface area contributed by atoms with Crippen molar-refractivity contribution < 1.29 is 9.84 Å². The minimum absolute atomic E-state index is 0.277. The Morgan fingerprint density at radius 2 is 2.21 bits per heavy atom. The number of aliphatic hydroxyl groups is 1. The third kappa shape index (κ3) is 2.81. The molecule has 2 N–H and O–H groups in total. The Labute approximate surface area is 122 Å². The van der Waals surface area contributed by atoms with Gasteiger partial charge in [0.2, 0.25) is 0 Å². The average Bonchev–Trinajstić information content (AvgIpc) is 2.58. The van der Waals surface area contributed by atoms with Gasteiger partial charge in [-0.3, -0.25) is 0 Å². The second-order valence-corrected chi connectivity index (χ2v) is 6.51. The van der Waals surface area contributed by atoms with Crippen LogP contribution in [-0.4, -0.2) is 23.9 Å². The Morgan fingerprint density at radius 3 is 2.95 bits per heavy atom. The molecule has 1 heterocycles. The zero-order chi connectivity index (χ0) is 13.3. The number of hydrogen-bond acceptors (Lipinski definition) is 3. The molecule has 1 aliphatic heterocycles. The fourth-order valence-electron chi connectivity index (χ4n) is 2.86. The van der Waals surface area contributed by atoms with Crippen molar-refractivity contribution in [1.82, 2.24) is 5.32 Å². The van der Waals surface area contributed by atoms with Crippen LogP contribution in [0.4, 0.5) is 0 Å². The number of benzene rings is 1. The molecule has 0 spiro atoms. The van der Waals surface area contributed by atoms with E-state index in [1.54, 1.807) is 0 Å². The highest BCUT2D eigenvalue weighted by Crippen LogP contribution is 2.38. The van der Waals surface area contributed by atoms with Crippen molar-refractivity contribution in [2.45, 2.75) is 43.7 Å². The summed E-state index contributed by atoms with van der Waals surface area (Å²) < 4.78 is 6.85. The summed E-state index contributed by atoms with van der Waals surface area (Å²) >= 11 is 3.56. The van der Waals surface area contributed by atoms with E-state index in [2.05, 4.69) is 27.3 Å². The van der Waals surface area contributed by atoms with Gasteiger partial charge in [-0.05, 0) is 54.1 Å². The fourth-order valence-corrected chi connectivity index (χ4v) is 3.35. The number of fused-ring (bicyclic) bond motifs is 1. The highest BCUT2D eigenvalue weighted by atomic mass is 79.9. The van der Waals surface area contributed by atoms with Crippen molar-refractivity contribution in [1.29, 1.82) is 0 Å². The minimum Gasteiger partial charge on any atom is -0.492 e. The normalized spacial score (nSPS) is 24.8. The molecule has 1 aliphatic carbocycles. The van der Waals surface area contributed by atoms with Gasteiger partial charge in [0.1, 0.15) is 5.75 Å². The number of hydrogen-bond donors (Lipinski definition) is 2. The van der Waals surface area contributed by atoms with E-state index >= 15 is 0 Å². The van der Waals surface area contributed by atoms with E-state index in [1.807, 2.05) is 12.1 Å². The number of nitrogens with one attached hydrogen (secondary N) is 1. The Kier molecular flexibility index (Phi) is 3.83. The highest BCUT2D eigenvalue weighted by Gasteiger charge is 2.35. The van der Waals surface area contributed by atoms with Crippen molar-refractivity contribution in [2.75, 3.05) is 13.2 Å². The van der Waals surface area contributed by atoms with E-state index in [1.165, 1.54) is 5.56 Å². The molecule has 1 unspecified atom stereocenters. The van der Waals surface area contributed by atoms with E-state index in [9.17, 15) is 5.11 Å². The van der Waals surface area contributed by atoms with Crippen LogP contribution in [0.15, 0.2) is 22.7 Å². The maximum Gasteiger partial charge on any atom is 0.138 e. The van der Waals surface area contributed by atoms with Crippen molar-refractivity contribution in [3.8, 4) is 5.75 Å². The van der Waals surface area contributed by atoms with Crippen molar-refractivity contribution in [2.24, 2.45) is 0 Å². The van der Waals surface area contributed by atoms with Gasteiger partial charge in [-0.2, -0.15) is 0 Å². The highest BCUT2D eigenvalue weighted by molar-refractivity contribution is 9.10. The third-order valence-corrected chi connectivity index (χ3v) is 4.84. The molecule has 0 bridgehead atoms. The number of ether oxygens (including phenoxy) is 1. The second kappa shape index (κ2) is 5.43. The number of halogens is 1. The van der Waals surface area contributed by atoms with Gasteiger partial charge in [0.25, 0.3) is 0 Å². The molecule has 2 aliphatic rings. The van der Waals surface area contributed by atoms with Crippen molar-refractivity contribution >= 4 is 15.9 Å². The molecule has 1 fully saturated rings. The topological polar surface area (TPSA) is 41.5 Å². The van der Waals surface area contributed by atoms with E-state index < -0.39 is 5.60 Å². The smallest absolute Gasteiger partial charge is 0.138 e. The lowest BCUT2D eigenvalue weighted by Crippen LogP contribution is -2.47. The molecule has 1 atom stereocenters. The number of rotatable bonds is 3.